The highest BCUT2D eigenvalue weighted by Gasteiger charge is 2.53. The lowest BCUT2D eigenvalue weighted by molar-refractivity contribution is -0.142. The molecule has 0 aromatic heterocycles. The molecule has 5 heteroatoms. The van der Waals surface area contributed by atoms with Crippen molar-refractivity contribution in [3.05, 3.63) is 35.9 Å². The number of rotatable bonds is 5. The first-order valence-corrected chi connectivity index (χ1v) is 10.4. The molecule has 3 aliphatic heterocycles. The summed E-state index contributed by atoms with van der Waals surface area (Å²) in [6.45, 7) is 4.42. The average Bonchev–Trinajstić information content (AvgIpc) is 3.29. The van der Waals surface area contributed by atoms with Gasteiger partial charge in [-0.25, -0.2) is 0 Å². The third-order valence-corrected chi connectivity index (χ3v) is 6.55. The highest BCUT2D eigenvalue weighted by atomic mass is 16.2. The van der Waals surface area contributed by atoms with Gasteiger partial charge >= 0.3 is 0 Å². The topological polar surface area (TPSA) is 43.9 Å². The van der Waals surface area contributed by atoms with Gasteiger partial charge in [-0.15, -0.1) is 0 Å². The Morgan fingerprint density at radius 1 is 1.04 bits per heavy atom. The molecule has 0 N–H and O–H groups in total. The minimum absolute atomic E-state index is 0.0124. The molecule has 5 nitrogen and oxygen atoms in total. The normalized spacial score (nSPS) is 24.4. The summed E-state index contributed by atoms with van der Waals surface area (Å²) in [5.41, 5.74) is 1.44. The molecule has 0 bridgehead atoms. The van der Waals surface area contributed by atoms with Crippen molar-refractivity contribution in [3.63, 3.8) is 0 Å². The van der Waals surface area contributed by atoms with Crippen molar-refractivity contribution in [2.24, 2.45) is 5.41 Å². The van der Waals surface area contributed by atoms with Crippen molar-refractivity contribution in [2.75, 3.05) is 39.8 Å². The lowest BCUT2D eigenvalue weighted by Crippen LogP contribution is -2.59. The van der Waals surface area contributed by atoms with E-state index >= 15 is 0 Å². The summed E-state index contributed by atoms with van der Waals surface area (Å²) in [5.74, 6) is 0.577. The van der Waals surface area contributed by atoms with Crippen LogP contribution in [-0.2, 0) is 16.0 Å². The molecule has 1 atom stereocenters. The van der Waals surface area contributed by atoms with Crippen molar-refractivity contribution >= 4 is 11.8 Å². The monoisotopic (exact) mass is 369 g/mol. The summed E-state index contributed by atoms with van der Waals surface area (Å²) in [7, 11) is 2.07. The largest absolute Gasteiger partial charge is 0.341 e. The number of amides is 2. The zero-order valence-electron chi connectivity index (χ0n) is 16.4. The van der Waals surface area contributed by atoms with Crippen molar-refractivity contribution in [1.29, 1.82) is 0 Å². The number of benzene rings is 1. The maximum Gasteiger partial charge on any atom is 0.239 e. The van der Waals surface area contributed by atoms with Gasteiger partial charge in [-0.05, 0) is 44.7 Å². The Morgan fingerprint density at radius 3 is 2.44 bits per heavy atom. The molecule has 146 valence electrons. The summed E-state index contributed by atoms with van der Waals surface area (Å²) in [5, 5.41) is 0. The molecule has 2 amide bonds. The van der Waals surface area contributed by atoms with Gasteiger partial charge in [-0.1, -0.05) is 30.3 Å². The molecule has 1 aromatic carbocycles. The van der Waals surface area contributed by atoms with Gasteiger partial charge in [0.25, 0.3) is 0 Å². The van der Waals surface area contributed by atoms with Gasteiger partial charge < -0.3 is 9.80 Å². The van der Waals surface area contributed by atoms with E-state index in [0.717, 1.165) is 64.8 Å². The fourth-order valence-corrected chi connectivity index (χ4v) is 5.11. The van der Waals surface area contributed by atoms with Crippen LogP contribution >= 0.6 is 0 Å². The fraction of sp³-hybridized carbons (Fsp3) is 0.636. The second kappa shape index (κ2) is 7.63. The van der Waals surface area contributed by atoms with Gasteiger partial charge in [0.1, 0.15) is 0 Å². The Labute approximate surface area is 162 Å². The van der Waals surface area contributed by atoms with Gasteiger partial charge in [0.05, 0.1) is 6.04 Å². The van der Waals surface area contributed by atoms with Crippen LogP contribution in [-0.4, -0.2) is 72.3 Å². The second-order valence-electron chi connectivity index (χ2n) is 8.76. The third kappa shape index (κ3) is 3.88. The van der Waals surface area contributed by atoms with E-state index in [0.29, 0.717) is 12.3 Å². The fourth-order valence-electron chi connectivity index (χ4n) is 5.11. The highest BCUT2D eigenvalue weighted by Crippen LogP contribution is 2.42. The molecule has 3 heterocycles. The van der Waals surface area contributed by atoms with Gasteiger partial charge in [-0.2, -0.15) is 0 Å². The molecule has 0 aliphatic carbocycles. The molecule has 3 aliphatic rings. The first kappa shape index (κ1) is 18.5. The predicted octanol–water partition coefficient (Wildman–Crippen LogP) is 2.16. The first-order valence-electron chi connectivity index (χ1n) is 10.4. The van der Waals surface area contributed by atoms with Crippen LogP contribution in [0.4, 0.5) is 0 Å². The quantitative estimate of drug-likeness (QED) is 0.799. The van der Waals surface area contributed by atoms with E-state index in [1.54, 1.807) is 0 Å². The number of nitrogens with zero attached hydrogens (tertiary/aromatic N) is 3. The SMILES string of the molecule is CN1CC2(CC1C(=O)N1CCCC1)CN(C(=O)CCCc1ccccc1)C2. The van der Waals surface area contributed by atoms with Crippen molar-refractivity contribution < 1.29 is 9.59 Å². The van der Waals surface area contributed by atoms with Gasteiger partial charge in [-0.3, -0.25) is 14.5 Å². The number of carbonyl (C=O) groups is 2. The van der Waals surface area contributed by atoms with Gasteiger partial charge in [0.15, 0.2) is 0 Å². The van der Waals surface area contributed by atoms with Crippen LogP contribution in [0, 0.1) is 5.41 Å². The highest BCUT2D eigenvalue weighted by molar-refractivity contribution is 5.83. The summed E-state index contributed by atoms with van der Waals surface area (Å²) in [6.07, 6.45) is 5.67. The van der Waals surface area contributed by atoms with Crippen LogP contribution in [0.5, 0.6) is 0 Å². The first-order chi connectivity index (χ1) is 13.1. The number of aryl methyl sites for hydroxylation is 1. The molecule has 3 saturated heterocycles. The van der Waals surface area contributed by atoms with E-state index in [1.807, 2.05) is 28.0 Å². The van der Waals surface area contributed by atoms with Crippen LogP contribution in [0.15, 0.2) is 30.3 Å². The average molecular weight is 370 g/mol. The minimum atomic E-state index is 0.0124. The van der Waals surface area contributed by atoms with Crippen LogP contribution in [0.3, 0.4) is 0 Å². The van der Waals surface area contributed by atoms with Crippen LogP contribution < -0.4 is 0 Å². The summed E-state index contributed by atoms with van der Waals surface area (Å²) in [4.78, 5) is 31.5. The van der Waals surface area contributed by atoms with E-state index in [4.69, 9.17) is 0 Å². The van der Waals surface area contributed by atoms with E-state index in [1.165, 1.54) is 5.56 Å². The predicted molar refractivity (Wildman–Crippen MR) is 105 cm³/mol. The van der Waals surface area contributed by atoms with Crippen LogP contribution in [0.2, 0.25) is 0 Å². The number of likely N-dealkylation sites (tertiary alicyclic amines) is 3. The third-order valence-electron chi connectivity index (χ3n) is 6.55. The van der Waals surface area contributed by atoms with Crippen molar-refractivity contribution in [3.8, 4) is 0 Å². The maximum atomic E-state index is 12.8. The molecule has 4 rings (SSSR count). The lowest BCUT2D eigenvalue weighted by Gasteiger charge is -2.48. The van der Waals surface area contributed by atoms with Crippen molar-refractivity contribution in [1.82, 2.24) is 14.7 Å². The van der Waals surface area contributed by atoms with Gasteiger partial charge in [0.2, 0.25) is 11.8 Å². The number of hydrogen-bond donors (Lipinski definition) is 0. The van der Waals surface area contributed by atoms with Crippen molar-refractivity contribution in [2.45, 2.75) is 44.6 Å². The maximum absolute atomic E-state index is 12.8. The smallest absolute Gasteiger partial charge is 0.239 e. The van der Waals surface area contributed by atoms with E-state index in [9.17, 15) is 9.59 Å². The Morgan fingerprint density at radius 2 is 1.74 bits per heavy atom. The molecule has 0 radical (unpaired) electrons. The van der Waals surface area contributed by atoms with Crippen LogP contribution in [0.1, 0.15) is 37.7 Å². The molecule has 3 fully saturated rings. The van der Waals surface area contributed by atoms with E-state index < -0.39 is 0 Å². The molecular formula is C22H31N3O2. The Kier molecular flexibility index (Phi) is 5.22. The number of carbonyl (C=O) groups excluding carboxylic acids is 2. The molecule has 1 unspecified atom stereocenters. The second-order valence-corrected chi connectivity index (χ2v) is 8.76. The standard InChI is InChI=1S/C22H31N3O2/c1-23-15-22(14-19(23)21(27)24-12-5-6-13-24)16-25(17-22)20(26)11-7-10-18-8-3-2-4-9-18/h2-4,8-9,19H,5-7,10-17H2,1H3. The van der Waals surface area contributed by atoms with E-state index in [2.05, 4.69) is 24.1 Å². The Bertz CT molecular complexity index is 678. The molecule has 1 aromatic rings. The Balaban J connectivity index is 1.23. The summed E-state index contributed by atoms with van der Waals surface area (Å²) < 4.78 is 0. The number of hydrogen-bond acceptors (Lipinski definition) is 3. The zero-order valence-corrected chi connectivity index (χ0v) is 16.4. The molecular weight excluding hydrogens is 338 g/mol. The minimum Gasteiger partial charge on any atom is -0.341 e. The van der Waals surface area contributed by atoms with Crippen LogP contribution in [0.25, 0.3) is 0 Å². The molecule has 1 spiro atoms. The number of likely N-dealkylation sites (N-methyl/N-ethyl adjacent to an activating group) is 1. The van der Waals surface area contributed by atoms with Gasteiger partial charge in [0, 0.05) is 44.6 Å². The summed E-state index contributed by atoms with van der Waals surface area (Å²) in [6, 6.07) is 10.4. The molecule has 27 heavy (non-hydrogen) atoms. The molecule has 0 saturated carbocycles. The summed E-state index contributed by atoms with van der Waals surface area (Å²) >= 11 is 0. The Hall–Kier alpha value is -1.88. The zero-order chi connectivity index (χ0) is 18.9. The lowest BCUT2D eigenvalue weighted by atomic mass is 9.77. The van der Waals surface area contributed by atoms with E-state index in [-0.39, 0.29) is 17.4 Å².